The van der Waals surface area contributed by atoms with Gasteiger partial charge in [0.15, 0.2) is 0 Å². The second-order valence-corrected chi connectivity index (χ2v) is 4.87. The number of aromatic nitrogens is 1. The molecule has 1 heterocycles. The van der Waals surface area contributed by atoms with Crippen LogP contribution >= 0.6 is 0 Å². The summed E-state index contributed by atoms with van der Waals surface area (Å²) in [5.41, 5.74) is 5.49. The molecule has 0 spiro atoms. The molecule has 2 nitrogen and oxygen atoms in total. The van der Waals surface area contributed by atoms with E-state index in [1.165, 1.54) is 22.5 Å². The van der Waals surface area contributed by atoms with Crippen LogP contribution < -0.4 is 5.32 Å². The van der Waals surface area contributed by atoms with Gasteiger partial charge in [-0.15, -0.1) is 0 Å². The Balaban J connectivity index is 1.80. The van der Waals surface area contributed by atoms with Crippen molar-refractivity contribution >= 4 is 0 Å². The van der Waals surface area contributed by atoms with Gasteiger partial charge in [-0.25, -0.2) is 0 Å². The molecule has 0 saturated carbocycles. The molecule has 0 aliphatic carbocycles. The molecule has 0 saturated heterocycles. The zero-order chi connectivity index (χ0) is 13.0. The molecule has 0 unspecified atom stereocenters. The SMILES string of the molecule is Cc1cc(CNCCc2ccccc2)c(C)n1C. The van der Waals surface area contributed by atoms with Crippen molar-refractivity contribution in [1.82, 2.24) is 9.88 Å². The Morgan fingerprint density at radius 1 is 1.11 bits per heavy atom. The zero-order valence-electron chi connectivity index (χ0n) is 11.5. The van der Waals surface area contributed by atoms with Crippen LogP contribution in [-0.2, 0) is 20.0 Å². The van der Waals surface area contributed by atoms with E-state index in [1.807, 2.05) is 0 Å². The van der Waals surface area contributed by atoms with Gasteiger partial charge in [0.25, 0.3) is 0 Å². The maximum atomic E-state index is 3.52. The second kappa shape index (κ2) is 5.87. The third-order valence-electron chi connectivity index (χ3n) is 3.63. The lowest BCUT2D eigenvalue weighted by Crippen LogP contribution is -2.17. The highest BCUT2D eigenvalue weighted by Gasteiger charge is 2.04. The number of nitrogens with zero attached hydrogens (tertiary/aromatic N) is 1. The molecule has 2 heteroatoms. The van der Waals surface area contributed by atoms with Crippen LogP contribution in [0.2, 0.25) is 0 Å². The molecule has 0 amide bonds. The van der Waals surface area contributed by atoms with Crippen LogP contribution in [0.4, 0.5) is 0 Å². The van der Waals surface area contributed by atoms with Crippen LogP contribution in [0.15, 0.2) is 36.4 Å². The molecule has 0 aliphatic heterocycles. The Labute approximate surface area is 110 Å². The van der Waals surface area contributed by atoms with E-state index in [0.717, 1.165) is 19.5 Å². The monoisotopic (exact) mass is 242 g/mol. The van der Waals surface area contributed by atoms with E-state index in [0.29, 0.717) is 0 Å². The highest BCUT2D eigenvalue weighted by Crippen LogP contribution is 2.12. The Kier molecular flexibility index (Phi) is 4.21. The standard InChI is InChI=1S/C16H22N2/c1-13-11-16(14(2)18(13)3)12-17-10-9-15-7-5-4-6-8-15/h4-8,11,17H,9-10,12H2,1-3H3. The topological polar surface area (TPSA) is 17.0 Å². The summed E-state index contributed by atoms with van der Waals surface area (Å²) >= 11 is 0. The summed E-state index contributed by atoms with van der Waals surface area (Å²) in [4.78, 5) is 0. The summed E-state index contributed by atoms with van der Waals surface area (Å²) in [5, 5.41) is 3.52. The summed E-state index contributed by atoms with van der Waals surface area (Å²) in [7, 11) is 2.12. The van der Waals surface area contributed by atoms with Crippen molar-refractivity contribution in [3.8, 4) is 0 Å². The highest BCUT2D eigenvalue weighted by molar-refractivity contribution is 5.26. The first-order valence-corrected chi connectivity index (χ1v) is 6.55. The summed E-state index contributed by atoms with van der Waals surface area (Å²) in [6, 6.07) is 12.9. The largest absolute Gasteiger partial charge is 0.352 e. The van der Waals surface area contributed by atoms with Crippen LogP contribution in [-0.4, -0.2) is 11.1 Å². The molecule has 2 rings (SSSR count). The summed E-state index contributed by atoms with van der Waals surface area (Å²) in [5.74, 6) is 0. The Bertz CT molecular complexity index is 497. The fraction of sp³-hybridized carbons (Fsp3) is 0.375. The minimum atomic E-state index is 0.959. The van der Waals surface area contributed by atoms with E-state index in [1.54, 1.807) is 0 Å². The molecule has 0 fully saturated rings. The van der Waals surface area contributed by atoms with Gasteiger partial charge in [-0.1, -0.05) is 30.3 Å². The average Bonchev–Trinajstić information content (AvgIpc) is 2.64. The van der Waals surface area contributed by atoms with Gasteiger partial charge in [-0.3, -0.25) is 0 Å². The average molecular weight is 242 g/mol. The molecule has 0 bridgehead atoms. The maximum absolute atomic E-state index is 3.52. The first kappa shape index (κ1) is 12.9. The smallest absolute Gasteiger partial charge is 0.0223 e. The van der Waals surface area contributed by atoms with Crippen molar-refractivity contribution in [2.24, 2.45) is 7.05 Å². The van der Waals surface area contributed by atoms with Crippen molar-refractivity contribution in [1.29, 1.82) is 0 Å². The molecule has 1 aromatic carbocycles. The van der Waals surface area contributed by atoms with Crippen LogP contribution in [0, 0.1) is 13.8 Å². The van der Waals surface area contributed by atoms with E-state index in [4.69, 9.17) is 0 Å². The molecule has 0 atom stereocenters. The van der Waals surface area contributed by atoms with Crippen molar-refractivity contribution in [2.75, 3.05) is 6.54 Å². The van der Waals surface area contributed by atoms with E-state index < -0.39 is 0 Å². The van der Waals surface area contributed by atoms with Crippen molar-refractivity contribution in [3.63, 3.8) is 0 Å². The summed E-state index contributed by atoms with van der Waals surface area (Å²) in [6.45, 7) is 6.32. The van der Waals surface area contributed by atoms with Gasteiger partial charge < -0.3 is 9.88 Å². The first-order chi connectivity index (χ1) is 8.68. The fourth-order valence-corrected chi connectivity index (χ4v) is 2.21. The van der Waals surface area contributed by atoms with Gasteiger partial charge in [-0.05, 0) is 44.0 Å². The van der Waals surface area contributed by atoms with Gasteiger partial charge in [0, 0.05) is 25.0 Å². The summed E-state index contributed by atoms with van der Waals surface area (Å²) in [6.07, 6.45) is 1.09. The highest BCUT2D eigenvalue weighted by atomic mass is 15.0. The normalized spacial score (nSPS) is 10.8. The number of hydrogen-bond donors (Lipinski definition) is 1. The molecule has 0 aliphatic rings. The zero-order valence-corrected chi connectivity index (χ0v) is 11.5. The van der Waals surface area contributed by atoms with Crippen LogP contribution in [0.1, 0.15) is 22.5 Å². The van der Waals surface area contributed by atoms with Gasteiger partial charge in [0.05, 0.1) is 0 Å². The quantitative estimate of drug-likeness (QED) is 0.798. The van der Waals surface area contributed by atoms with Crippen LogP contribution in [0.3, 0.4) is 0 Å². The third kappa shape index (κ3) is 3.02. The van der Waals surface area contributed by atoms with Gasteiger partial charge in [-0.2, -0.15) is 0 Å². The van der Waals surface area contributed by atoms with E-state index in [9.17, 15) is 0 Å². The second-order valence-electron chi connectivity index (χ2n) is 4.87. The number of aryl methyl sites for hydroxylation is 1. The lowest BCUT2D eigenvalue weighted by Gasteiger charge is -2.05. The maximum Gasteiger partial charge on any atom is 0.0223 e. The van der Waals surface area contributed by atoms with Crippen molar-refractivity contribution < 1.29 is 0 Å². The van der Waals surface area contributed by atoms with E-state index in [2.05, 4.69) is 67.2 Å². The van der Waals surface area contributed by atoms with E-state index in [-0.39, 0.29) is 0 Å². The first-order valence-electron chi connectivity index (χ1n) is 6.55. The van der Waals surface area contributed by atoms with Gasteiger partial charge in [0.1, 0.15) is 0 Å². The molecule has 18 heavy (non-hydrogen) atoms. The molecule has 2 aromatic rings. The molecule has 96 valence electrons. The Morgan fingerprint density at radius 3 is 2.44 bits per heavy atom. The fourth-order valence-electron chi connectivity index (χ4n) is 2.21. The molecular formula is C16H22N2. The van der Waals surface area contributed by atoms with Gasteiger partial charge in [0.2, 0.25) is 0 Å². The predicted molar refractivity (Wildman–Crippen MR) is 76.7 cm³/mol. The van der Waals surface area contributed by atoms with Crippen LogP contribution in [0.25, 0.3) is 0 Å². The minimum Gasteiger partial charge on any atom is -0.352 e. The summed E-state index contributed by atoms with van der Waals surface area (Å²) < 4.78 is 2.24. The number of hydrogen-bond acceptors (Lipinski definition) is 1. The minimum absolute atomic E-state index is 0.959. The number of benzene rings is 1. The van der Waals surface area contributed by atoms with Crippen LogP contribution in [0.5, 0.6) is 0 Å². The number of rotatable bonds is 5. The Hall–Kier alpha value is -1.54. The predicted octanol–water partition coefficient (Wildman–Crippen LogP) is 2.97. The van der Waals surface area contributed by atoms with Gasteiger partial charge >= 0.3 is 0 Å². The van der Waals surface area contributed by atoms with Crippen molar-refractivity contribution in [2.45, 2.75) is 26.8 Å². The molecule has 1 aromatic heterocycles. The third-order valence-corrected chi connectivity index (χ3v) is 3.63. The van der Waals surface area contributed by atoms with Crippen molar-refractivity contribution in [3.05, 3.63) is 58.9 Å². The Morgan fingerprint density at radius 2 is 1.83 bits per heavy atom. The lowest BCUT2D eigenvalue weighted by atomic mass is 10.1. The molecule has 0 radical (unpaired) electrons. The lowest BCUT2D eigenvalue weighted by molar-refractivity contribution is 0.681. The molecule has 1 N–H and O–H groups in total. The molecular weight excluding hydrogens is 220 g/mol. The van der Waals surface area contributed by atoms with E-state index >= 15 is 0 Å². The number of nitrogens with one attached hydrogen (secondary N) is 1.